The summed E-state index contributed by atoms with van der Waals surface area (Å²) in [7, 11) is 5.15. The van der Waals surface area contributed by atoms with Crippen molar-refractivity contribution < 1.29 is 19.1 Å². The fraction of sp³-hybridized carbons (Fsp3) is 0.636. The number of carbonyl (C=O) groups is 2. The Labute approximate surface area is 96.0 Å². The van der Waals surface area contributed by atoms with E-state index in [0.717, 1.165) is 13.0 Å². The highest BCUT2D eigenvalue weighted by molar-refractivity contribution is 5.93. The van der Waals surface area contributed by atoms with Gasteiger partial charge < -0.3 is 14.4 Å². The second-order valence-corrected chi connectivity index (χ2v) is 3.65. The maximum atomic E-state index is 11.3. The molecule has 0 spiro atoms. The van der Waals surface area contributed by atoms with Crippen molar-refractivity contribution in [2.45, 2.75) is 12.8 Å². The fourth-order valence-corrected chi connectivity index (χ4v) is 0.966. The molecule has 0 fully saturated rings. The lowest BCUT2D eigenvalue weighted by Gasteiger charge is -2.10. The molecule has 0 aliphatic carbocycles. The number of nitrogens with zero attached hydrogens (tertiary/aromatic N) is 1. The molecular weight excluding hydrogens is 210 g/mol. The molecule has 0 radical (unpaired) electrons. The van der Waals surface area contributed by atoms with Crippen molar-refractivity contribution in [2.75, 3.05) is 34.4 Å². The molecule has 0 aromatic carbocycles. The second kappa shape index (κ2) is 7.87. The number of ether oxygens (including phenoxy) is 2. The molecule has 0 amide bonds. The molecule has 0 aliphatic rings. The van der Waals surface area contributed by atoms with Crippen LogP contribution in [0.25, 0.3) is 0 Å². The molecule has 0 atom stereocenters. The molecule has 16 heavy (non-hydrogen) atoms. The van der Waals surface area contributed by atoms with Gasteiger partial charge >= 0.3 is 11.9 Å². The van der Waals surface area contributed by atoms with Crippen LogP contribution in [0.5, 0.6) is 0 Å². The van der Waals surface area contributed by atoms with E-state index in [1.165, 1.54) is 7.11 Å². The van der Waals surface area contributed by atoms with Gasteiger partial charge in [0.15, 0.2) is 0 Å². The first-order chi connectivity index (χ1) is 7.47. The summed E-state index contributed by atoms with van der Waals surface area (Å²) in [5, 5.41) is 0. The lowest BCUT2D eigenvalue weighted by atomic mass is 10.2. The molecule has 0 rings (SSSR count). The maximum absolute atomic E-state index is 11.3. The second-order valence-electron chi connectivity index (χ2n) is 3.65. The Morgan fingerprint density at radius 3 is 2.44 bits per heavy atom. The molecule has 0 unspecified atom stereocenters. The number of rotatable bonds is 7. The number of hydrogen-bond acceptors (Lipinski definition) is 5. The van der Waals surface area contributed by atoms with Crippen LogP contribution in [0.1, 0.15) is 12.8 Å². The lowest BCUT2D eigenvalue weighted by molar-refractivity contribution is -0.144. The molecule has 5 heteroatoms. The number of carbonyl (C=O) groups excluding carboxylic acids is 2. The van der Waals surface area contributed by atoms with Gasteiger partial charge in [0.2, 0.25) is 0 Å². The number of methoxy groups -OCH3 is 1. The highest BCUT2D eigenvalue weighted by Gasteiger charge is 2.12. The summed E-state index contributed by atoms with van der Waals surface area (Å²) in [6, 6.07) is 0. The fourth-order valence-electron chi connectivity index (χ4n) is 0.966. The highest BCUT2D eigenvalue weighted by atomic mass is 16.5. The first-order valence-corrected chi connectivity index (χ1v) is 5.03. The van der Waals surface area contributed by atoms with E-state index in [4.69, 9.17) is 4.74 Å². The van der Waals surface area contributed by atoms with Crippen LogP contribution in [0.3, 0.4) is 0 Å². The zero-order chi connectivity index (χ0) is 12.6. The molecule has 0 N–H and O–H groups in total. The Hall–Kier alpha value is -1.36. The van der Waals surface area contributed by atoms with Crippen molar-refractivity contribution in [3.63, 3.8) is 0 Å². The van der Waals surface area contributed by atoms with Crippen molar-refractivity contribution in [2.24, 2.45) is 0 Å². The summed E-state index contributed by atoms with van der Waals surface area (Å²) in [5.41, 5.74) is 0.122. The average Bonchev–Trinajstić information content (AvgIpc) is 2.23. The van der Waals surface area contributed by atoms with Crippen LogP contribution < -0.4 is 0 Å². The smallest absolute Gasteiger partial charge is 0.333 e. The van der Waals surface area contributed by atoms with E-state index in [1.807, 2.05) is 19.0 Å². The van der Waals surface area contributed by atoms with E-state index in [-0.39, 0.29) is 12.0 Å². The Morgan fingerprint density at radius 2 is 1.94 bits per heavy atom. The van der Waals surface area contributed by atoms with Gasteiger partial charge in [-0.2, -0.15) is 0 Å². The third-order valence-corrected chi connectivity index (χ3v) is 1.86. The van der Waals surface area contributed by atoms with Crippen LogP contribution in [0, 0.1) is 0 Å². The Morgan fingerprint density at radius 1 is 1.31 bits per heavy atom. The summed E-state index contributed by atoms with van der Waals surface area (Å²) in [4.78, 5) is 24.1. The van der Waals surface area contributed by atoms with Crippen LogP contribution >= 0.6 is 0 Å². The monoisotopic (exact) mass is 229 g/mol. The molecule has 0 aromatic heterocycles. The van der Waals surface area contributed by atoms with Crippen molar-refractivity contribution in [3.8, 4) is 0 Å². The predicted molar refractivity (Wildman–Crippen MR) is 59.9 cm³/mol. The van der Waals surface area contributed by atoms with Crippen LogP contribution in [0.4, 0.5) is 0 Å². The molecule has 0 saturated carbocycles. The minimum absolute atomic E-state index is 0.122. The molecule has 0 bridgehead atoms. The van der Waals surface area contributed by atoms with Crippen molar-refractivity contribution in [3.05, 3.63) is 12.2 Å². The first kappa shape index (κ1) is 14.6. The summed E-state index contributed by atoms with van der Waals surface area (Å²) >= 11 is 0. The summed E-state index contributed by atoms with van der Waals surface area (Å²) < 4.78 is 9.34. The third-order valence-electron chi connectivity index (χ3n) is 1.86. The third kappa shape index (κ3) is 7.00. The molecule has 5 nitrogen and oxygen atoms in total. The van der Waals surface area contributed by atoms with Crippen LogP contribution in [-0.4, -0.2) is 51.2 Å². The van der Waals surface area contributed by atoms with Gasteiger partial charge in [-0.1, -0.05) is 6.58 Å². The molecule has 0 heterocycles. The lowest BCUT2D eigenvalue weighted by Crippen LogP contribution is -2.17. The van der Waals surface area contributed by atoms with E-state index in [1.54, 1.807) is 0 Å². The average molecular weight is 229 g/mol. The number of hydrogen-bond donors (Lipinski definition) is 0. The predicted octanol–water partition coefficient (Wildman–Crippen LogP) is 0.601. The minimum Gasteiger partial charge on any atom is -0.469 e. The molecule has 0 aliphatic heterocycles. The van der Waals surface area contributed by atoms with E-state index < -0.39 is 11.9 Å². The summed E-state index contributed by atoms with van der Waals surface area (Å²) in [5.74, 6) is -1.03. The molecule has 0 saturated heterocycles. The molecule has 92 valence electrons. The Kier molecular flexibility index (Phi) is 7.20. The topological polar surface area (TPSA) is 55.8 Å². The van der Waals surface area contributed by atoms with Crippen LogP contribution in [0.2, 0.25) is 0 Å². The van der Waals surface area contributed by atoms with E-state index in [2.05, 4.69) is 11.3 Å². The summed E-state index contributed by atoms with van der Waals surface area (Å²) in [6.45, 7) is 4.65. The van der Waals surface area contributed by atoms with Crippen molar-refractivity contribution in [1.82, 2.24) is 4.90 Å². The van der Waals surface area contributed by atoms with Gasteiger partial charge in [0.25, 0.3) is 0 Å². The van der Waals surface area contributed by atoms with E-state index in [9.17, 15) is 9.59 Å². The van der Waals surface area contributed by atoms with Crippen molar-refractivity contribution in [1.29, 1.82) is 0 Å². The zero-order valence-corrected chi connectivity index (χ0v) is 10.1. The maximum Gasteiger partial charge on any atom is 0.333 e. The quantitative estimate of drug-likeness (QED) is 0.363. The van der Waals surface area contributed by atoms with E-state index >= 15 is 0 Å². The molecule has 0 aromatic rings. The largest absolute Gasteiger partial charge is 0.469 e. The normalized spacial score (nSPS) is 10.0. The Bertz CT molecular complexity index is 261. The SMILES string of the molecule is C=C(CC(=O)OC)C(=O)OCCCN(C)C. The summed E-state index contributed by atoms with van der Waals surface area (Å²) in [6.07, 6.45) is 0.632. The van der Waals surface area contributed by atoms with Crippen LogP contribution in [0.15, 0.2) is 12.2 Å². The van der Waals surface area contributed by atoms with Gasteiger partial charge in [-0.15, -0.1) is 0 Å². The first-order valence-electron chi connectivity index (χ1n) is 5.03. The van der Waals surface area contributed by atoms with E-state index in [0.29, 0.717) is 6.61 Å². The zero-order valence-electron chi connectivity index (χ0n) is 10.1. The highest BCUT2D eigenvalue weighted by Crippen LogP contribution is 2.02. The molecular formula is C11H19NO4. The number of esters is 2. The van der Waals surface area contributed by atoms with Gasteiger partial charge in [-0.05, 0) is 20.5 Å². The van der Waals surface area contributed by atoms with Gasteiger partial charge in [-0.25, -0.2) is 4.79 Å². The van der Waals surface area contributed by atoms with Gasteiger partial charge in [-0.3, -0.25) is 4.79 Å². The van der Waals surface area contributed by atoms with Crippen LogP contribution in [-0.2, 0) is 19.1 Å². The van der Waals surface area contributed by atoms with Gasteiger partial charge in [0.1, 0.15) is 0 Å². The van der Waals surface area contributed by atoms with Gasteiger partial charge in [0, 0.05) is 12.1 Å². The standard InChI is InChI=1S/C11H19NO4/c1-9(8-10(13)15-4)11(14)16-7-5-6-12(2)3/h1,5-8H2,2-4H3. The Balaban J connectivity index is 3.72. The van der Waals surface area contributed by atoms with Gasteiger partial charge in [0.05, 0.1) is 20.1 Å². The minimum atomic E-state index is -0.538. The van der Waals surface area contributed by atoms with Crippen molar-refractivity contribution >= 4 is 11.9 Å².